The molecule has 3 aliphatic rings. The third-order valence-electron chi connectivity index (χ3n) is 2.91. The van der Waals surface area contributed by atoms with Gasteiger partial charge in [0.2, 0.25) is 0 Å². The first kappa shape index (κ1) is 9.50. The summed E-state index contributed by atoms with van der Waals surface area (Å²) in [6, 6.07) is 0. The topological polar surface area (TPSA) is 29.1 Å². The Kier molecular flexibility index (Phi) is 2.44. The Bertz CT molecular complexity index is 320. The lowest BCUT2D eigenvalue weighted by Crippen LogP contribution is -2.29. The molecule has 0 spiro atoms. The smallest absolute Gasteiger partial charge is 0.166 e. The van der Waals surface area contributed by atoms with E-state index in [4.69, 9.17) is 0 Å². The number of carbonyl (C=O) groups is 1. The standard InChI is InChI=1S/C10H11NO.C2H6.H2/c12-10-1-2-11-9-5-7-3-6(7)4-8(9)10;1-2;/h4-7,11H,1-3H2;1-2H3;1H. The molecule has 2 aliphatic carbocycles. The zero-order valence-electron chi connectivity index (χ0n) is 8.84. The van der Waals surface area contributed by atoms with E-state index in [2.05, 4.69) is 17.5 Å². The fraction of sp³-hybridized carbons (Fsp3) is 0.583. The summed E-state index contributed by atoms with van der Waals surface area (Å²) in [4.78, 5) is 11.4. The summed E-state index contributed by atoms with van der Waals surface area (Å²) in [5.41, 5.74) is 2.06. The third kappa shape index (κ3) is 1.49. The van der Waals surface area contributed by atoms with Crippen LogP contribution in [0.4, 0.5) is 0 Å². The number of hydrogen-bond acceptors (Lipinski definition) is 2. The first-order chi connectivity index (χ1) is 6.84. The largest absolute Gasteiger partial charge is 0.384 e. The molecule has 1 heterocycles. The van der Waals surface area contributed by atoms with Crippen molar-refractivity contribution >= 4 is 5.78 Å². The molecule has 3 rings (SSSR count). The first-order valence-corrected chi connectivity index (χ1v) is 5.56. The van der Waals surface area contributed by atoms with Crippen molar-refractivity contribution < 1.29 is 6.22 Å². The van der Waals surface area contributed by atoms with E-state index in [1.165, 1.54) is 6.42 Å². The molecule has 0 aromatic carbocycles. The Morgan fingerprint density at radius 3 is 2.86 bits per heavy atom. The van der Waals surface area contributed by atoms with Crippen molar-refractivity contribution in [2.75, 3.05) is 6.54 Å². The van der Waals surface area contributed by atoms with Crippen LogP contribution in [0.1, 0.15) is 28.1 Å². The van der Waals surface area contributed by atoms with E-state index in [1.807, 2.05) is 13.8 Å². The lowest BCUT2D eigenvalue weighted by Gasteiger charge is -2.21. The second-order valence-corrected chi connectivity index (χ2v) is 3.82. The van der Waals surface area contributed by atoms with E-state index in [0.29, 0.717) is 18.1 Å². The van der Waals surface area contributed by atoms with Gasteiger partial charge in [-0.3, -0.25) is 4.79 Å². The average molecular weight is 193 g/mol. The number of fused-ring (bicyclic) bond motifs is 2. The lowest BCUT2D eigenvalue weighted by molar-refractivity contribution is -0.115. The van der Waals surface area contributed by atoms with Crippen LogP contribution in [-0.2, 0) is 4.79 Å². The fourth-order valence-corrected chi connectivity index (χ4v) is 2.07. The normalized spacial score (nSPS) is 32.3. The van der Waals surface area contributed by atoms with Gasteiger partial charge in [0.25, 0.3) is 0 Å². The van der Waals surface area contributed by atoms with Crippen LogP contribution >= 0.6 is 0 Å². The fourth-order valence-electron chi connectivity index (χ4n) is 2.07. The van der Waals surface area contributed by atoms with Crippen LogP contribution in [-0.4, -0.2) is 12.3 Å². The van der Waals surface area contributed by atoms with Gasteiger partial charge in [0, 0.05) is 25.7 Å². The maximum absolute atomic E-state index is 11.4. The van der Waals surface area contributed by atoms with Crippen molar-refractivity contribution in [2.24, 2.45) is 11.8 Å². The van der Waals surface area contributed by atoms with Gasteiger partial charge in [-0.15, -0.1) is 0 Å². The highest BCUT2D eigenvalue weighted by Crippen LogP contribution is 2.46. The Labute approximate surface area is 86.6 Å². The maximum atomic E-state index is 11.4. The molecule has 0 aromatic heterocycles. The molecule has 2 heteroatoms. The van der Waals surface area contributed by atoms with Crippen LogP contribution in [0.2, 0.25) is 0 Å². The van der Waals surface area contributed by atoms with E-state index in [-0.39, 0.29) is 1.43 Å². The van der Waals surface area contributed by atoms with Crippen LogP contribution in [0.3, 0.4) is 0 Å². The van der Waals surface area contributed by atoms with E-state index >= 15 is 0 Å². The molecule has 0 aromatic rings. The molecule has 1 N–H and O–H groups in total. The summed E-state index contributed by atoms with van der Waals surface area (Å²) in [7, 11) is 0. The number of Topliss-reactive ketones (excluding diaryl/α,β-unsaturated/α-hetero) is 1. The van der Waals surface area contributed by atoms with E-state index < -0.39 is 0 Å². The molecule has 0 amide bonds. The molecule has 1 saturated heterocycles. The number of hydrogen-bond donors (Lipinski definition) is 1. The zero-order chi connectivity index (χ0) is 10.1. The van der Waals surface area contributed by atoms with Crippen molar-refractivity contribution in [3.8, 4) is 0 Å². The molecule has 14 heavy (non-hydrogen) atoms. The summed E-state index contributed by atoms with van der Waals surface area (Å²) in [6.07, 6.45) is 6.31. The predicted molar refractivity (Wildman–Crippen MR) is 58.9 cm³/mol. The molecule has 78 valence electrons. The number of ketones is 1. The zero-order valence-corrected chi connectivity index (χ0v) is 8.84. The van der Waals surface area contributed by atoms with Gasteiger partial charge in [0.05, 0.1) is 0 Å². The van der Waals surface area contributed by atoms with Crippen LogP contribution in [0.25, 0.3) is 0 Å². The van der Waals surface area contributed by atoms with Crippen molar-refractivity contribution in [1.29, 1.82) is 0 Å². The summed E-state index contributed by atoms with van der Waals surface area (Å²) in [5, 5.41) is 3.28. The highest BCUT2D eigenvalue weighted by atomic mass is 16.1. The molecule has 2 atom stereocenters. The van der Waals surface area contributed by atoms with Gasteiger partial charge in [0.1, 0.15) is 0 Å². The van der Waals surface area contributed by atoms with Crippen molar-refractivity contribution in [3.05, 3.63) is 23.4 Å². The van der Waals surface area contributed by atoms with E-state index in [0.717, 1.165) is 23.7 Å². The summed E-state index contributed by atoms with van der Waals surface area (Å²) in [6.45, 7) is 4.82. The molecule has 2 fully saturated rings. The van der Waals surface area contributed by atoms with Crippen molar-refractivity contribution in [3.63, 3.8) is 0 Å². The van der Waals surface area contributed by atoms with Crippen molar-refractivity contribution in [2.45, 2.75) is 26.7 Å². The Hall–Kier alpha value is -1.05. The maximum Gasteiger partial charge on any atom is 0.166 e. The highest BCUT2D eigenvalue weighted by molar-refractivity contribution is 6.00. The SMILES string of the molecule is CC.O=C1CCNC2=CC3CC3C=C12.[HH]. The minimum atomic E-state index is 0. The van der Waals surface area contributed by atoms with Gasteiger partial charge in [-0.2, -0.15) is 0 Å². The summed E-state index contributed by atoms with van der Waals surface area (Å²) < 4.78 is 0. The second-order valence-electron chi connectivity index (χ2n) is 3.82. The van der Waals surface area contributed by atoms with Crippen LogP contribution in [0.15, 0.2) is 23.4 Å². The van der Waals surface area contributed by atoms with Crippen LogP contribution < -0.4 is 5.32 Å². The number of carbonyl (C=O) groups excluding carboxylic acids is 1. The Balaban J connectivity index is 0.000000356. The minimum absolute atomic E-state index is 0. The third-order valence-corrected chi connectivity index (χ3v) is 2.91. The molecule has 0 bridgehead atoms. The molecule has 2 nitrogen and oxygen atoms in total. The van der Waals surface area contributed by atoms with E-state index in [1.54, 1.807) is 0 Å². The molecular weight excluding hydrogens is 174 g/mol. The molecule has 1 saturated carbocycles. The van der Waals surface area contributed by atoms with Gasteiger partial charge >= 0.3 is 0 Å². The van der Waals surface area contributed by atoms with Gasteiger partial charge in [-0.05, 0) is 18.3 Å². The summed E-state index contributed by atoms with van der Waals surface area (Å²) >= 11 is 0. The highest BCUT2D eigenvalue weighted by Gasteiger charge is 2.39. The minimum Gasteiger partial charge on any atom is -0.384 e. The van der Waals surface area contributed by atoms with Crippen LogP contribution in [0, 0.1) is 11.8 Å². The van der Waals surface area contributed by atoms with E-state index in [9.17, 15) is 4.79 Å². The van der Waals surface area contributed by atoms with Gasteiger partial charge in [-0.25, -0.2) is 0 Å². The lowest BCUT2D eigenvalue weighted by atomic mass is 9.95. The average Bonchev–Trinajstić information content (AvgIpc) is 2.97. The quantitative estimate of drug-likeness (QED) is 0.639. The first-order valence-electron chi connectivity index (χ1n) is 5.56. The van der Waals surface area contributed by atoms with Gasteiger partial charge in [-0.1, -0.05) is 26.0 Å². The number of nitrogens with one attached hydrogen (secondary N) is 1. The molecule has 1 aliphatic heterocycles. The Morgan fingerprint density at radius 2 is 2.07 bits per heavy atom. The molecular formula is C12H19NO. The number of rotatable bonds is 0. The molecule has 2 unspecified atom stereocenters. The number of piperidine rings is 1. The predicted octanol–water partition coefficient (Wildman–Crippen LogP) is 2.28. The molecule has 0 radical (unpaired) electrons. The monoisotopic (exact) mass is 193 g/mol. The number of allylic oxidation sites excluding steroid dienone is 3. The van der Waals surface area contributed by atoms with Gasteiger partial charge < -0.3 is 5.32 Å². The second kappa shape index (κ2) is 3.60. The van der Waals surface area contributed by atoms with Crippen molar-refractivity contribution in [1.82, 2.24) is 5.32 Å². The van der Waals surface area contributed by atoms with Crippen LogP contribution in [0.5, 0.6) is 0 Å². The summed E-state index contributed by atoms with van der Waals surface area (Å²) in [5.74, 6) is 1.75. The Morgan fingerprint density at radius 1 is 1.36 bits per heavy atom. The van der Waals surface area contributed by atoms with Gasteiger partial charge in [0.15, 0.2) is 5.78 Å².